The van der Waals surface area contributed by atoms with Gasteiger partial charge in [0.05, 0.1) is 11.0 Å². The highest BCUT2D eigenvalue weighted by Crippen LogP contribution is 2.42. The Balaban J connectivity index is 0.896. The highest BCUT2D eigenvalue weighted by Gasteiger charge is 2.18. The first-order chi connectivity index (χ1) is 30.2. The topological polar surface area (TPSA) is 21.3 Å². The molecule has 0 atom stereocenters. The van der Waals surface area contributed by atoms with Crippen molar-refractivity contribution in [1.82, 2.24) is 4.57 Å². The second-order valence-electron chi connectivity index (χ2n) is 15.7. The van der Waals surface area contributed by atoms with Crippen molar-refractivity contribution in [2.45, 2.75) is 0 Å². The maximum atomic E-state index is 6.28. The van der Waals surface area contributed by atoms with Gasteiger partial charge in [0.2, 0.25) is 0 Å². The maximum Gasteiger partial charge on any atom is 0.136 e. The van der Waals surface area contributed by atoms with Gasteiger partial charge in [0, 0.05) is 44.3 Å². The largest absolute Gasteiger partial charge is 0.456 e. The molecule has 3 heteroatoms. The van der Waals surface area contributed by atoms with Gasteiger partial charge in [0.15, 0.2) is 0 Å². The lowest BCUT2D eigenvalue weighted by Gasteiger charge is -2.26. The molecule has 12 aromatic rings. The van der Waals surface area contributed by atoms with Crippen LogP contribution in [0.25, 0.3) is 93.6 Å². The molecule has 0 aliphatic rings. The van der Waals surface area contributed by atoms with Gasteiger partial charge < -0.3 is 13.9 Å². The van der Waals surface area contributed by atoms with Crippen molar-refractivity contribution in [2.24, 2.45) is 0 Å². The Labute approximate surface area is 353 Å². The second kappa shape index (κ2) is 14.3. The van der Waals surface area contributed by atoms with Crippen molar-refractivity contribution in [2.75, 3.05) is 4.90 Å². The summed E-state index contributed by atoms with van der Waals surface area (Å²) in [5.74, 6) is 0. The molecular formula is C58H38N2O. The zero-order chi connectivity index (χ0) is 40.3. The molecule has 0 spiro atoms. The Bertz CT molecular complexity index is 3540. The van der Waals surface area contributed by atoms with E-state index in [0.717, 1.165) is 55.8 Å². The van der Waals surface area contributed by atoms with E-state index in [4.69, 9.17) is 4.42 Å². The molecular weight excluding hydrogens is 741 g/mol. The molecule has 0 N–H and O–H groups in total. The van der Waals surface area contributed by atoms with E-state index in [1.807, 2.05) is 12.1 Å². The summed E-state index contributed by atoms with van der Waals surface area (Å²) in [4.78, 5) is 2.36. The minimum atomic E-state index is 0.895. The Morgan fingerprint density at radius 3 is 1.66 bits per heavy atom. The third kappa shape index (κ3) is 5.98. The highest BCUT2D eigenvalue weighted by atomic mass is 16.3. The fourth-order valence-electron chi connectivity index (χ4n) is 9.27. The molecule has 2 heterocycles. The number of rotatable bonds is 7. The van der Waals surface area contributed by atoms with Gasteiger partial charge in [-0.15, -0.1) is 0 Å². The number of fused-ring (bicyclic) bond motifs is 7. The summed E-state index contributed by atoms with van der Waals surface area (Å²) < 4.78 is 8.66. The Hall–Kier alpha value is -8.14. The molecule has 0 bridgehead atoms. The van der Waals surface area contributed by atoms with Gasteiger partial charge in [0.25, 0.3) is 0 Å². The van der Waals surface area contributed by atoms with Crippen molar-refractivity contribution in [1.29, 1.82) is 0 Å². The van der Waals surface area contributed by atoms with E-state index in [-0.39, 0.29) is 0 Å². The molecule has 3 nitrogen and oxygen atoms in total. The Morgan fingerprint density at radius 1 is 0.328 bits per heavy atom. The third-order valence-corrected chi connectivity index (χ3v) is 12.2. The van der Waals surface area contributed by atoms with Gasteiger partial charge in [-0.05, 0) is 117 Å². The maximum absolute atomic E-state index is 6.28. The lowest BCUT2D eigenvalue weighted by molar-refractivity contribution is 0.669. The lowest BCUT2D eigenvalue weighted by Crippen LogP contribution is -2.10. The summed E-state index contributed by atoms with van der Waals surface area (Å²) >= 11 is 0. The van der Waals surface area contributed by atoms with Crippen LogP contribution in [0.15, 0.2) is 235 Å². The summed E-state index contributed by atoms with van der Waals surface area (Å²) in [6, 6.07) is 82.9. The van der Waals surface area contributed by atoms with Crippen LogP contribution in [0.5, 0.6) is 0 Å². The molecule has 0 unspecified atom stereocenters. The molecule has 0 radical (unpaired) electrons. The average molecular weight is 779 g/mol. The first kappa shape index (κ1) is 34.9. The fraction of sp³-hybridized carbons (Fsp3) is 0. The smallest absolute Gasteiger partial charge is 0.136 e. The van der Waals surface area contributed by atoms with Gasteiger partial charge >= 0.3 is 0 Å². The number of nitrogens with zero attached hydrogens (tertiary/aromatic N) is 2. The zero-order valence-corrected chi connectivity index (χ0v) is 33.2. The van der Waals surface area contributed by atoms with Crippen LogP contribution >= 0.6 is 0 Å². The van der Waals surface area contributed by atoms with Crippen molar-refractivity contribution in [3.05, 3.63) is 231 Å². The van der Waals surface area contributed by atoms with Gasteiger partial charge in [-0.3, -0.25) is 0 Å². The van der Waals surface area contributed by atoms with E-state index in [1.165, 1.54) is 54.8 Å². The molecule has 10 aromatic carbocycles. The molecule has 0 aliphatic heterocycles. The number of aromatic nitrogens is 1. The summed E-state index contributed by atoms with van der Waals surface area (Å²) in [6.45, 7) is 0. The third-order valence-electron chi connectivity index (χ3n) is 12.2. The molecule has 0 fully saturated rings. The normalized spacial score (nSPS) is 11.6. The van der Waals surface area contributed by atoms with E-state index >= 15 is 0 Å². The van der Waals surface area contributed by atoms with Crippen molar-refractivity contribution < 1.29 is 4.42 Å². The first-order valence-electron chi connectivity index (χ1n) is 20.8. The number of hydrogen-bond donors (Lipinski definition) is 0. The molecule has 0 saturated carbocycles. The number of anilines is 3. The lowest BCUT2D eigenvalue weighted by atomic mass is 9.98. The summed E-state index contributed by atoms with van der Waals surface area (Å²) in [6.07, 6.45) is 0. The van der Waals surface area contributed by atoms with Crippen molar-refractivity contribution >= 4 is 71.6 Å². The van der Waals surface area contributed by atoms with E-state index < -0.39 is 0 Å². The van der Waals surface area contributed by atoms with E-state index in [0.29, 0.717) is 0 Å². The summed E-state index contributed by atoms with van der Waals surface area (Å²) in [5.41, 5.74) is 15.7. The van der Waals surface area contributed by atoms with Crippen LogP contribution < -0.4 is 4.90 Å². The molecule has 286 valence electrons. The van der Waals surface area contributed by atoms with Crippen molar-refractivity contribution in [3.8, 4) is 39.1 Å². The molecule has 12 rings (SSSR count). The summed E-state index contributed by atoms with van der Waals surface area (Å²) in [5, 5.41) is 7.22. The van der Waals surface area contributed by atoms with Gasteiger partial charge in [-0.1, -0.05) is 158 Å². The van der Waals surface area contributed by atoms with Crippen LogP contribution in [-0.2, 0) is 0 Å². The number of benzene rings is 10. The molecule has 0 amide bonds. The van der Waals surface area contributed by atoms with Gasteiger partial charge in [-0.25, -0.2) is 0 Å². The van der Waals surface area contributed by atoms with E-state index in [2.05, 4.69) is 228 Å². The second-order valence-corrected chi connectivity index (χ2v) is 15.7. The molecule has 0 aliphatic carbocycles. The standard InChI is InChI=1S/C58H38N2O/c1-2-13-43-37-49(35-32-39(43)12-1)59(47-16-10-15-45(38-47)50-21-11-25-57-58(50)53-20-5-8-24-56(53)61-57)46-33-30-41(31-34-46)40-26-28-42(29-27-40)44-14-9-17-48(36-44)60-54-22-6-3-18-51(54)52-19-4-7-23-55(52)60/h1-38H. The average Bonchev–Trinajstić information content (AvgIpc) is 3.88. The van der Waals surface area contributed by atoms with Gasteiger partial charge in [0.1, 0.15) is 11.2 Å². The molecule has 61 heavy (non-hydrogen) atoms. The minimum absolute atomic E-state index is 0.895. The fourth-order valence-corrected chi connectivity index (χ4v) is 9.27. The molecule has 0 saturated heterocycles. The SMILES string of the molecule is c1cc(-c2cccc3oc4ccccc4c23)cc(N(c2ccc(-c3ccc(-c4cccc(-n5c6ccccc6c6ccccc65)c4)cc3)cc2)c2ccc3ccccc3c2)c1. The zero-order valence-electron chi connectivity index (χ0n) is 33.2. The van der Waals surface area contributed by atoms with Crippen LogP contribution in [-0.4, -0.2) is 4.57 Å². The van der Waals surface area contributed by atoms with Crippen LogP contribution in [0, 0.1) is 0 Å². The monoisotopic (exact) mass is 778 g/mol. The number of hydrogen-bond acceptors (Lipinski definition) is 2. The first-order valence-corrected chi connectivity index (χ1v) is 20.8. The molecule has 2 aromatic heterocycles. The van der Waals surface area contributed by atoms with Crippen LogP contribution in [0.4, 0.5) is 17.1 Å². The highest BCUT2D eigenvalue weighted by molar-refractivity contribution is 6.13. The van der Waals surface area contributed by atoms with E-state index in [1.54, 1.807) is 0 Å². The van der Waals surface area contributed by atoms with E-state index in [9.17, 15) is 0 Å². The quantitative estimate of drug-likeness (QED) is 0.161. The Morgan fingerprint density at radius 2 is 0.885 bits per heavy atom. The Kier molecular flexibility index (Phi) is 8.17. The number of para-hydroxylation sites is 3. The predicted octanol–water partition coefficient (Wildman–Crippen LogP) is 16.3. The van der Waals surface area contributed by atoms with Crippen LogP contribution in [0.2, 0.25) is 0 Å². The predicted molar refractivity (Wildman–Crippen MR) is 257 cm³/mol. The summed E-state index contributed by atoms with van der Waals surface area (Å²) in [7, 11) is 0. The van der Waals surface area contributed by atoms with Crippen molar-refractivity contribution in [3.63, 3.8) is 0 Å². The van der Waals surface area contributed by atoms with Crippen LogP contribution in [0.3, 0.4) is 0 Å². The van der Waals surface area contributed by atoms with Crippen LogP contribution in [0.1, 0.15) is 0 Å². The number of furan rings is 1. The van der Waals surface area contributed by atoms with Gasteiger partial charge in [-0.2, -0.15) is 0 Å². The minimum Gasteiger partial charge on any atom is -0.456 e.